The van der Waals surface area contributed by atoms with E-state index in [2.05, 4.69) is 21.0 Å². The molecule has 3 aromatic heterocycles. The zero-order valence-electron chi connectivity index (χ0n) is 14.3. The minimum absolute atomic E-state index is 0.117. The average molecular weight is 403 g/mol. The van der Waals surface area contributed by atoms with Crippen LogP contribution in [-0.4, -0.2) is 32.3 Å². The molecule has 1 fully saturated rings. The molecule has 0 aliphatic heterocycles. The van der Waals surface area contributed by atoms with Crippen LogP contribution in [0.15, 0.2) is 45.5 Å². The number of furan rings is 1. The molecular formula is C17H17N5O3S2. The van der Waals surface area contributed by atoms with E-state index in [1.165, 1.54) is 23.1 Å². The van der Waals surface area contributed by atoms with Gasteiger partial charge in [-0.3, -0.25) is 25.0 Å². The number of amides is 2. The highest BCUT2D eigenvalue weighted by atomic mass is 32.2. The highest BCUT2D eigenvalue weighted by molar-refractivity contribution is 7.99. The quantitative estimate of drug-likeness (QED) is 0.464. The first-order valence-electron chi connectivity index (χ1n) is 8.41. The van der Waals surface area contributed by atoms with Crippen LogP contribution in [0.4, 0.5) is 0 Å². The van der Waals surface area contributed by atoms with Crippen LogP contribution in [-0.2, 0) is 11.3 Å². The van der Waals surface area contributed by atoms with Crippen molar-refractivity contribution in [2.24, 2.45) is 0 Å². The van der Waals surface area contributed by atoms with Gasteiger partial charge in [-0.2, -0.15) is 0 Å². The number of carbonyl (C=O) groups excluding carboxylic acids is 2. The molecule has 1 aliphatic carbocycles. The number of rotatable bonds is 7. The Labute approximate surface area is 163 Å². The summed E-state index contributed by atoms with van der Waals surface area (Å²) in [5.74, 6) is 1.64. The van der Waals surface area contributed by atoms with Crippen LogP contribution in [0.25, 0.3) is 0 Å². The average Bonchev–Trinajstić information content (AvgIpc) is 3.10. The van der Waals surface area contributed by atoms with Crippen molar-refractivity contribution in [1.29, 1.82) is 0 Å². The Balaban J connectivity index is 1.35. The molecule has 140 valence electrons. The number of nitrogens with zero attached hydrogens (tertiary/aromatic N) is 3. The number of hydrogen-bond acceptors (Lipinski definition) is 7. The molecule has 8 nitrogen and oxygen atoms in total. The van der Waals surface area contributed by atoms with Crippen molar-refractivity contribution in [2.75, 3.05) is 5.75 Å². The second-order valence-electron chi connectivity index (χ2n) is 6.05. The lowest BCUT2D eigenvalue weighted by molar-refractivity contribution is -0.119. The molecule has 1 saturated carbocycles. The number of aromatic nitrogens is 3. The molecule has 0 radical (unpaired) electrons. The lowest BCUT2D eigenvalue weighted by Crippen LogP contribution is -2.42. The molecule has 2 N–H and O–H groups in total. The van der Waals surface area contributed by atoms with Crippen LogP contribution in [0.1, 0.15) is 40.0 Å². The molecule has 0 aromatic carbocycles. The number of carbonyl (C=O) groups is 2. The molecular weight excluding hydrogens is 386 g/mol. The van der Waals surface area contributed by atoms with Crippen LogP contribution < -0.4 is 10.9 Å². The molecule has 0 saturated heterocycles. The van der Waals surface area contributed by atoms with E-state index in [1.807, 2.05) is 16.7 Å². The van der Waals surface area contributed by atoms with Gasteiger partial charge < -0.3 is 4.42 Å². The summed E-state index contributed by atoms with van der Waals surface area (Å²) in [6.07, 6.45) is 3.85. The summed E-state index contributed by atoms with van der Waals surface area (Å²) in [4.78, 5) is 24.4. The van der Waals surface area contributed by atoms with Crippen molar-refractivity contribution in [2.45, 2.75) is 30.5 Å². The van der Waals surface area contributed by atoms with Gasteiger partial charge in [0.2, 0.25) is 5.91 Å². The summed E-state index contributed by atoms with van der Waals surface area (Å²) in [6.45, 7) is 0.533. The fourth-order valence-corrected chi connectivity index (χ4v) is 3.88. The zero-order valence-corrected chi connectivity index (χ0v) is 15.9. The summed E-state index contributed by atoms with van der Waals surface area (Å²) >= 11 is 2.59. The van der Waals surface area contributed by atoms with Crippen LogP contribution in [0.3, 0.4) is 0 Å². The third-order valence-electron chi connectivity index (χ3n) is 3.97. The third-order valence-corrected chi connectivity index (χ3v) is 5.81. The summed E-state index contributed by atoms with van der Waals surface area (Å²) in [5, 5.41) is 11.0. The molecule has 0 spiro atoms. The number of nitrogens with one attached hydrogen (secondary N) is 2. The molecule has 27 heavy (non-hydrogen) atoms. The maximum atomic E-state index is 12.1. The second-order valence-corrected chi connectivity index (χ2v) is 7.94. The minimum atomic E-state index is -0.333. The third kappa shape index (κ3) is 4.40. The lowest BCUT2D eigenvalue weighted by atomic mass is 10.3. The van der Waals surface area contributed by atoms with E-state index >= 15 is 0 Å². The maximum Gasteiger partial charge on any atom is 0.279 e. The fourth-order valence-electron chi connectivity index (χ4n) is 2.52. The first-order chi connectivity index (χ1) is 13.2. The lowest BCUT2D eigenvalue weighted by Gasteiger charge is -2.09. The van der Waals surface area contributed by atoms with Gasteiger partial charge in [-0.1, -0.05) is 17.8 Å². The molecule has 2 amide bonds. The van der Waals surface area contributed by atoms with Gasteiger partial charge in [-0.05, 0) is 36.4 Å². The van der Waals surface area contributed by atoms with Gasteiger partial charge in [0.05, 0.1) is 23.4 Å². The Morgan fingerprint density at radius 1 is 1.26 bits per heavy atom. The normalized spacial score (nSPS) is 13.5. The summed E-state index contributed by atoms with van der Waals surface area (Å²) in [7, 11) is 0. The van der Waals surface area contributed by atoms with E-state index in [1.54, 1.807) is 23.8 Å². The van der Waals surface area contributed by atoms with Crippen molar-refractivity contribution in [3.05, 3.63) is 52.4 Å². The topological polar surface area (TPSA) is 102 Å². The molecule has 1 aliphatic rings. The fraction of sp³-hybridized carbons (Fsp3) is 0.294. The Hall–Kier alpha value is -2.59. The summed E-state index contributed by atoms with van der Waals surface area (Å²) in [6, 6.07) is 7.21. The van der Waals surface area contributed by atoms with Crippen LogP contribution >= 0.6 is 23.1 Å². The van der Waals surface area contributed by atoms with Crippen molar-refractivity contribution >= 4 is 34.9 Å². The van der Waals surface area contributed by atoms with Gasteiger partial charge in [0.1, 0.15) is 11.6 Å². The smallest absolute Gasteiger partial charge is 0.279 e. The van der Waals surface area contributed by atoms with Crippen molar-refractivity contribution < 1.29 is 14.0 Å². The minimum Gasteiger partial charge on any atom is -0.467 e. The first-order valence-corrected chi connectivity index (χ1v) is 10.3. The highest BCUT2D eigenvalue weighted by Gasteiger charge is 2.30. The van der Waals surface area contributed by atoms with Gasteiger partial charge in [-0.15, -0.1) is 21.5 Å². The number of hydrazine groups is 1. The van der Waals surface area contributed by atoms with Gasteiger partial charge in [0.15, 0.2) is 5.16 Å². The molecule has 3 aromatic rings. The van der Waals surface area contributed by atoms with Crippen LogP contribution in [0.2, 0.25) is 0 Å². The molecule has 0 atom stereocenters. The van der Waals surface area contributed by atoms with E-state index in [0.29, 0.717) is 22.5 Å². The van der Waals surface area contributed by atoms with Crippen LogP contribution in [0.5, 0.6) is 0 Å². The van der Waals surface area contributed by atoms with E-state index in [4.69, 9.17) is 4.42 Å². The predicted octanol–water partition coefficient (Wildman–Crippen LogP) is 2.41. The summed E-state index contributed by atoms with van der Waals surface area (Å²) < 4.78 is 7.43. The van der Waals surface area contributed by atoms with E-state index in [9.17, 15) is 9.59 Å². The summed E-state index contributed by atoms with van der Waals surface area (Å²) in [5.41, 5.74) is 4.83. The monoisotopic (exact) mass is 403 g/mol. The van der Waals surface area contributed by atoms with E-state index in [0.717, 1.165) is 24.4 Å². The van der Waals surface area contributed by atoms with Crippen molar-refractivity contribution in [3.8, 4) is 0 Å². The van der Waals surface area contributed by atoms with Gasteiger partial charge >= 0.3 is 0 Å². The van der Waals surface area contributed by atoms with Gasteiger partial charge in [-0.25, -0.2) is 0 Å². The Morgan fingerprint density at radius 3 is 2.85 bits per heavy atom. The molecule has 0 bridgehead atoms. The van der Waals surface area contributed by atoms with Gasteiger partial charge in [0, 0.05) is 5.92 Å². The molecule has 10 heteroatoms. The van der Waals surface area contributed by atoms with E-state index in [-0.39, 0.29) is 17.6 Å². The van der Waals surface area contributed by atoms with E-state index < -0.39 is 0 Å². The van der Waals surface area contributed by atoms with Crippen molar-refractivity contribution in [1.82, 2.24) is 25.6 Å². The maximum absolute atomic E-state index is 12.1. The number of hydrogen-bond donors (Lipinski definition) is 2. The Bertz CT molecular complexity index is 917. The molecule has 0 unspecified atom stereocenters. The second kappa shape index (κ2) is 7.97. The Morgan fingerprint density at radius 2 is 2.15 bits per heavy atom. The Kier molecular flexibility index (Phi) is 5.26. The van der Waals surface area contributed by atoms with Crippen molar-refractivity contribution in [3.63, 3.8) is 0 Å². The zero-order chi connectivity index (χ0) is 18.6. The molecule has 3 heterocycles. The highest BCUT2D eigenvalue weighted by Crippen LogP contribution is 2.40. The SMILES string of the molecule is O=C(CSc1nnc(C2CC2)n1Cc1ccco1)NNC(=O)c1cccs1. The number of thioether (sulfide) groups is 1. The molecule has 4 rings (SSSR count). The van der Waals surface area contributed by atoms with Crippen LogP contribution in [0, 0.1) is 0 Å². The number of thiophene rings is 1. The largest absolute Gasteiger partial charge is 0.467 e. The van der Waals surface area contributed by atoms with Gasteiger partial charge in [0.25, 0.3) is 5.91 Å². The predicted molar refractivity (Wildman–Crippen MR) is 100 cm³/mol. The standard InChI is InChI=1S/C17H17N5O3S2/c23-14(18-20-16(24)13-4-2-8-26-13)10-27-17-21-19-15(11-5-6-11)22(17)9-12-3-1-7-25-12/h1-4,7-8,11H,5-6,9-10H2,(H,18,23)(H,20,24). The first kappa shape index (κ1) is 17.8.